The van der Waals surface area contributed by atoms with Gasteiger partial charge in [0.1, 0.15) is 11.8 Å². The van der Waals surface area contributed by atoms with E-state index < -0.39 is 6.04 Å². The Hall–Kier alpha value is -3.35. The predicted molar refractivity (Wildman–Crippen MR) is 117 cm³/mol. The number of amides is 3. The molecule has 1 aliphatic heterocycles. The molecule has 1 heterocycles. The molecule has 3 rings (SSSR count). The van der Waals surface area contributed by atoms with E-state index in [0.29, 0.717) is 35.8 Å². The molecule has 1 aliphatic rings. The molecule has 1 saturated heterocycles. The molecule has 0 spiro atoms. The van der Waals surface area contributed by atoms with Crippen molar-refractivity contribution in [3.63, 3.8) is 0 Å². The zero-order valence-electron chi connectivity index (χ0n) is 17.5. The summed E-state index contributed by atoms with van der Waals surface area (Å²) in [5.41, 5.74) is 1.92. The van der Waals surface area contributed by atoms with Gasteiger partial charge >= 0.3 is 0 Å². The van der Waals surface area contributed by atoms with Gasteiger partial charge in [0.15, 0.2) is 0 Å². The second-order valence-electron chi connectivity index (χ2n) is 7.62. The van der Waals surface area contributed by atoms with Crippen LogP contribution in [0.25, 0.3) is 0 Å². The summed E-state index contributed by atoms with van der Waals surface area (Å²) < 4.78 is 5.40. The van der Waals surface area contributed by atoms with Crippen molar-refractivity contribution in [1.29, 1.82) is 0 Å². The molecule has 0 radical (unpaired) electrons. The van der Waals surface area contributed by atoms with Crippen LogP contribution in [-0.2, 0) is 14.4 Å². The fourth-order valence-corrected chi connectivity index (χ4v) is 3.31. The van der Waals surface area contributed by atoms with Gasteiger partial charge in [0.2, 0.25) is 11.8 Å². The first-order chi connectivity index (χ1) is 14.4. The number of nitrogens with one attached hydrogen (secondary N) is 2. The van der Waals surface area contributed by atoms with E-state index in [4.69, 9.17) is 4.74 Å². The monoisotopic (exact) mass is 409 g/mol. The van der Waals surface area contributed by atoms with E-state index in [0.717, 1.165) is 0 Å². The Balaban J connectivity index is 1.63. The van der Waals surface area contributed by atoms with Gasteiger partial charge in [-0.25, -0.2) is 4.90 Å². The lowest BCUT2D eigenvalue weighted by atomic mass is 10.1. The summed E-state index contributed by atoms with van der Waals surface area (Å²) >= 11 is 0. The van der Waals surface area contributed by atoms with E-state index in [1.54, 1.807) is 48.5 Å². The first-order valence-corrected chi connectivity index (χ1v) is 10.1. The maximum Gasteiger partial charge on any atom is 0.256 e. The Morgan fingerprint density at radius 1 is 1.07 bits per heavy atom. The molecule has 2 aromatic carbocycles. The van der Waals surface area contributed by atoms with Crippen molar-refractivity contribution in [2.45, 2.75) is 39.7 Å². The molecule has 0 aromatic heterocycles. The molecule has 7 heteroatoms. The van der Waals surface area contributed by atoms with Gasteiger partial charge in [-0.2, -0.15) is 0 Å². The average molecular weight is 409 g/mol. The SMILES string of the molecule is CCOc1ccc(N2C(=O)C[C@H](Nc3ccc(NC(=O)CC(C)C)cc3)C2=O)cc1. The predicted octanol–water partition coefficient (Wildman–Crippen LogP) is 3.81. The van der Waals surface area contributed by atoms with Gasteiger partial charge in [-0.3, -0.25) is 14.4 Å². The number of anilines is 3. The van der Waals surface area contributed by atoms with Gasteiger partial charge in [-0.1, -0.05) is 13.8 Å². The Morgan fingerprint density at radius 2 is 1.70 bits per heavy atom. The summed E-state index contributed by atoms with van der Waals surface area (Å²) in [5.74, 6) is 0.400. The lowest BCUT2D eigenvalue weighted by Crippen LogP contribution is -2.34. The summed E-state index contributed by atoms with van der Waals surface area (Å²) in [4.78, 5) is 38.3. The number of hydrogen-bond donors (Lipinski definition) is 2. The number of benzene rings is 2. The van der Waals surface area contributed by atoms with Crippen LogP contribution in [0, 0.1) is 5.92 Å². The van der Waals surface area contributed by atoms with Crippen molar-refractivity contribution in [3.05, 3.63) is 48.5 Å². The van der Waals surface area contributed by atoms with Crippen LogP contribution in [0.5, 0.6) is 5.75 Å². The van der Waals surface area contributed by atoms with E-state index in [9.17, 15) is 14.4 Å². The fraction of sp³-hybridized carbons (Fsp3) is 0.348. The van der Waals surface area contributed by atoms with Crippen molar-refractivity contribution in [2.75, 3.05) is 22.1 Å². The largest absolute Gasteiger partial charge is 0.494 e. The molecule has 0 aliphatic carbocycles. The molecule has 1 atom stereocenters. The van der Waals surface area contributed by atoms with Gasteiger partial charge in [0, 0.05) is 17.8 Å². The van der Waals surface area contributed by atoms with Gasteiger partial charge in [-0.05, 0) is 61.4 Å². The van der Waals surface area contributed by atoms with Crippen molar-refractivity contribution in [1.82, 2.24) is 0 Å². The van der Waals surface area contributed by atoms with Crippen LogP contribution in [0.3, 0.4) is 0 Å². The standard InChI is InChI=1S/C23H27N3O4/c1-4-30-19-11-9-18(10-12-19)26-22(28)14-20(23(26)29)24-16-5-7-17(8-6-16)25-21(27)13-15(2)3/h5-12,15,20,24H,4,13-14H2,1-3H3,(H,25,27)/t20-/m0/s1. The fourth-order valence-electron chi connectivity index (χ4n) is 3.31. The normalized spacial score (nSPS) is 16.1. The molecule has 3 amide bonds. The zero-order chi connectivity index (χ0) is 21.7. The van der Waals surface area contributed by atoms with E-state index in [1.165, 1.54) is 4.90 Å². The van der Waals surface area contributed by atoms with Crippen LogP contribution >= 0.6 is 0 Å². The van der Waals surface area contributed by atoms with Crippen molar-refractivity contribution in [2.24, 2.45) is 5.92 Å². The number of rotatable bonds is 8. The van der Waals surface area contributed by atoms with E-state index in [-0.39, 0.29) is 30.1 Å². The highest BCUT2D eigenvalue weighted by molar-refractivity contribution is 6.23. The number of hydrogen-bond acceptors (Lipinski definition) is 5. The lowest BCUT2D eigenvalue weighted by molar-refractivity contribution is -0.121. The van der Waals surface area contributed by atoms with Gasteiger partial charge in [0.05, 0.1) is 18.7 Å². The minimum absolute atomic E-state index is 0.0340. The summed E-state index contributed by atoms with van der Waals surface area (Å²) in [6.07, 6.45) is 0.541. The highest BCUT2D eigenvalue weighted by Crippen LogP contribution is 2.27. The maximum atomic E-state index is 12.8. The maximum absolute atomic E-state index is 12.8. The number of nitrogens with zero attached hydrogens (tertiary/aromatic N) is 1. The molecular weight excluding hydrogens is 382 g/mol. The lowest BCUT2D eigenvalue weighted by Gasteiger charge is -2.17. The number of carbonyl (C=O) groups is 3. The number of imide groups is 1. The molecule has 2 aromatic rings. The molecule has 0 unspecified atom stereocenters. The van der Waals surface area contributed by atoms with Crippen LogP contribution in [0.4, 0.5) is 17.1 Å². The highest BCUT2D eigenvalue weighted by Gasteiger charge is 2.39. The topological polar surface area (TPSA) is 87.7 Å². The molecule has 7 nitrogen and oxygen atoms in total. The quantitative estimate of drug-likeness (QED) is 0.647. The minimum Gasteiger partial charge on any atom is -0.494 e. The summed E-state index contributed by atoms with van der Waals surface area (Å²) in [5, 5.41) is 5.96. The van der Waals surface area contributed by atoms with Crippen LogP contribution in [0.15, 0.2) is 48.5 Å². The summed E-state index contributed by atoms with van der Waals surface area (Å²) in [7, 11) is 0. The van der Waals surface area contributed by atoms with Crippen LogP contribution in [-0.4, -0.2) is 30.4 Å². The number of ether oxygens (including phenoxy) is 1. The Morgan fingerprint density at radius 3 is 2.30 bits per heavy atom. The second-order valence-corrected chi connectivity index (χ2v) is 7.62. The first-order valence-electron chi connectivity index (χ1n) is 10.1. The molecule has 1 fully saturated rings. The number of carbonyl (C=O) groups excluding carboxylic acids is 3. The molecule has 0 bridgehead atoms. The first kappa shape index (κ1) is 21.4. The van der Waals surface area contributed by atoms with Gasteiger partial charge < -0.3 is 15.4 Å². The van der Waals surface area contributed by atoms with Crippen LogP contribution < -0.4 is 20.3 Å². The summed E-state index contributed by atoms with van der Waals surface area (Å²) in [6, 6.07) is 13.4. The highest BCUT2D eigenvalue weighted by atomic mass is 16.5. The van der Waals surface area contributed by atoms with Gasteiger partial charge in [0.25, 0.3) is 5.91 Å². The summed E-state index contributed by atoms with van der Waals surface area (Å²) in [6.45, 7) is 6.42. The molecule has 158 valence electrons. The van der Waals surface area contributed by atoms with Crippen molar-refractivity contribution >= 4 is 34.8 Å². The van der Waals surface area contributed by atoms with Gasteiger partial charge in [-0.15, -0.1) is 0 Å². The minimum atomic E-state index is -0.634. The average Bonchev–Trinajstić information content (AvgIpc) is 2.97. The van der Waals surface area contributed by atoms with Crippen molar-refractivity contribution in [3.8, 4) is 5.75 Å². The van der Waals surface area contributed by atoms with Crippen molar-refractivity contribution < 1.29 is 19.1 Å². The Labute approximate surface area is 176 Å². The second kappa shape index (κ2) is 9.43. The van der Waals surface area contributed by atoms with E-state index in [1.807, 2.05) is 20.8 Å². The third-order valence-corrected chi connectivity index (χ3v) is 4.66. The zero-order valence-corrected chi connectivity index (χ0v) is 17.5. The molecular formula is C23H27N3O4. The molecule has 30 heavy (non-hydrogen) atoms. The third kappa shape index (κ3) is 5.17. The Bertz CT molecular complexity index is 907. The Kier molecular flexibility index (Phi) is 6.72. The molecule has 2 N–H and O–H groups in total. The van der Waals surface area contributed by atoms with Crippen LogP contribution in [0.1, 0.15) is 33.6 Å². The molecule has 0 saturated carbocycles. The van der Waals surface area contributed by atoms with Crippen LogP contribution in [0.2, 0.25) is 0 Å². The smallest absolute Gasteiger partial charge is 0.256 e. The third-order valence-electron chi connectivity index (χ3n) is 4.66. The van der Waals surface area contributed by atoms with E-state index >= 15 is 0 Å². The van der Waals surface area contributed by atoms with E-state index in [2.05, 4.69) is 10.6 Å².